The molecule has 0 bridgehead atoms. The zero-order valence-corrected chi connectivity index (χ0v) is 20.2. The van der Waals surface area contributed by atoms with Gasteiger partial charge >= 0.3 is 0 Å². The first-order chi connectivity index (χ1) is 15.2. The van der Waals surface area contributed by atoms with E-state index < -0.39 is 12.1 Å². The first-order valence-electron chi connectivity index (χ1n) is 10.8. The van der Waals surface area contributed by atoms with Gasteiger partial charge in [-0.05, 0) is 51.8 Å². The normalized spacial score (nSPS) is 21.6. The number of hydrogen-bond donors (Lipinski definition) is 2. The summed E-state index contributed by atoms with van der Waals surface area (Å²) in [7, 11) is 0. The Hall–Kier alpha value is -2.78. The number of halogens is 2. The zero-order chi connectivity index (χ0) is 24.3. The highest BCUT2D eigenvalue weighted by atomic mass is 35.5. The fourth-order valence-electron chi connectivity index (χ4n) is 3.47. The Bertz CT molecular complexity index is 888. The smallest absolute Gasteiger partial charge is 0.250 e. The first-order valence-corrected chi connectivity index (χ1v) is 11.1. The fraction of sp³-hybridized carbons (Fsp3) is 0.440. The Morgan fingerprint density at radius 1 is 1.41 bits per heavy atom. The van der Waals surface area contributed by atoms with E-state index in [0.29, 0.717) is 35.8 Å². The van der Waals surface area contributed by atoms with E-state index in [2.05, 4.69) is 24.9 Å². The van der Waals surface area contributed by atoms with E-state index in [9.17, 15) is 4.79 Å². The number of piperidine rings is 1. The number of rotatable bonds is 10. The van der Waals surface area contributed by atoms with Gasteiger partial charge in [-0.3, -0.25) is 4.79 Å². The Labute approximate surface area is 196 Å². The maximum absolute atomic E-state index is 15.2. The molecular weight excluding hydrogens is 427 g/mol. The van der Waals surface area contributed by atoms with Crippen LogP contribution in [-0.4, -0.2) is 36.6 Å². The highest BCUT2D eigenvalue weighted by molar-refractivity contribution is 6.29. The molecule has 32 heavy (non-hydrogen) atoms. The molecule has 1 aliphatic rings. The van der Waals surface area contributed by atoms with Crippen LogP contribution in [0.3, 0.4) is 0 Å². The molecule has 0 aromatic heterocycles. The number of carbonyl (C=O) groups excluding carboxylic acids is 1. The average molecular weight is 461 g/mol. The van der Waals surface area contributed by atoms with E-state index in [-0.39, 0.29) is 18.0 Å². The molecule has 1 rings (SSSR count). The molecule has 0 aliphatic carbocycles. The van der Waals surface area contributed by atoms with Gasteiger partial charge in [0.15, 0.2) is 0 Å². The fourth-order valence-corrected chi connectivity index (χ4v) is 3.58. The van der Waals surface area contributed by atoms with Gasteiger partial charge in [0.2, 0.25) is 0 Å². The zero-order valence-electron chi connectivity index (χ0n) is 19.4. The summed E-state index contributed by atoms with van der Waals surface area (Å²) >= 11 is 5.98. The summed E-state index contributed by atoms with van der Waals surface area (Å²) in [6.07, 6.45) is 8.79. The minimum atomic E-state index is -1.07. The number of hydrogen-bond acceptors (Lipinski definition) is 4. The van der Waals surface area contributed by atoms with Crippen LogP contribution in [0.25, 0.3) is 0 Å². The lowest BCUT2D eigenvalue weighted by molar-refractivity contribution is -0.114. The van der Waals surface area contributed by atoms with Crippen molar-refractivity contribution in [2.45, 2.75) is 46.7 Å². The second-order valence-electron chi connectivity index (χ2n) is 7.73. The third kappa shape index (κ3) is 8.05. The second-order valence-corrected chi connectivity index (χ2v) is 8.32. The van der Waals surface area contributed by atoms with E-state index in [0.717, 1.165) is 17.7 Å². The summed E-state index contributed by atoms with van der Waals surface area (Å²) in [6, 6.07) is 2.14. The molecule has 1 saturated heterocycles. The molecule has 7 heteroatoms. The van der Waals surface area contributed by atoms with Gasteiger partial charge in [0.1, 0.15) is 6.17 Å². The molecule has 5 nitrogen and oxygen atoms in total. The minimum absolute atomic E-state index is 0.212. The Kier molecular flexibility index (Phi) is 11.6. The lowest BCUT2D eigenvalue weighted by Crippen LogP contribution is -2.44. The predicted octanol–water partition coefficient (Wildman–Crippen LogP) is 5.01. The number of carbonyl (C=O) groups is 1. The second kappa shape index (κ2) is 13.6. The van der Waals surface area contributed by atoms with Crippen molar-refractivity contribution in [3.63, 3.8) is 0 Å². The van der Waals surface area contributed by atoms with Crippen LogP contribution in [0.2, 0.25) is 0 Å². The maximum Gasteiger partial charge on any atom is 0.250 e. The molecule has 1 fully saturated rings. The van der Waals surface area contributed by atoms with E-state index in [4.69, 9.17) is 22.6 Å². The molecule has 1 heterocycles. The lowest BCUT2D eigenvalue weighted by atomic mass is 9.93. The quantitative estimate of drug-likeness (QED) is 0.272. The molecule has 174 valence electrons. The number of likely N-dealkylation sites (tertiary alicyclic amines) is 1. The predicted molar refractivity (Wildman–Crippen MR) is 130 cm³/mol. The van der Waals surface area contributed by atoms with Crippen molar-refractivity contribution >= 4 is 17.5 Å². The number of amides is 1. The van der Waals surface area contributed by atoms with E-state index in [1.54, 1.807) is 25.2 Å². The summed E-state index contributed by atoms with van der Waals surface area (Å²) in [5, 5.41) is 12.8. The van der Waals surface area contributed by atoms with Gasteiger partial charge in [-0.25, -0.2) is 4.39 Å². The number of nitrogens with one attached hydrogen (secondary N) is 1. The number of primary amides is 1. The van der Waals surface area contributed by atoms with Crippen molar-refractivity contribution in [2.75, 3.05) is 19.6 Å². The third-order valence-corrected chi connectivity index (χ3v) is 5.61. The number of nitriles is 1. The van der Waals surface area contributed by atoms with E-state index in [1.807, 2.05) is 24.8 Å². The summed E-state index contributed by atoms with van der Waals surface area (Å²) in [5.41, 5.74) is 8.75. The highest BCUT2D eigenvalue weighted by Crippen LogP contribution is 2.26. The van der Waals surface area contributed by atoms with Gasteiger partial charge in [0.25, 0.3) is 5.91 Å². The number of alkyl halides is 1. The van der Waals surface area contributed by atoms with Crippen LogP contribution in [0, 0.1) is 17.2 Å². The summed E-state index contributed by atoms with van der Waals surface area (Å²) in [4.78, 5) is 13.7. The van der Waals surface area contributed by atoms with Crippen molar-refractivity contribution in [1.82, 2.24) is 10.2 Å². The summed E-state index contributed by atoms with van der Waals surface area (Å²) < 4.78 is 15.2. The molecule has 0 aromatic rings. The van der Waals surface area contributed by atoms with Crippen LogP contribution in [-0.2, 0) is 4.79 Å². The van der Waals surface area contributed by atoms with Gasteiger partial charge in [-0.2, -0.15) is 5.26 Å². The monoisotopic (exact) mass is 460 g/mol. The van der Waals surface area contributed by atoms with Gasteiger partial charge in [0.05, 0.1) is 11.6 Å². The minimum Gasteiger partial charge on any atom is -0.384 e. The van der Waals surface area contributed by atoms with Crippen LogP contribution in [0.5, 0.6) is 0 Å². The van der Waals surface area contributed by atoms with Gasteiger partial charge in [-0.15, -0.1) is 0 Å². The Balaban J connectivity index is 2.98. The van der Waals surface area contributed by atoms with Crippen LogP contribution in [0.4, 0.5) is 4.39 Å². The maximum atomic E-state index is 15.2. The first kappa shape index (κ1) is 27.3. The number of allylic oxidation sites excluding steroid dienone is 7. The van der Waals surface area contributed by atoms with Crippen molar-refractivity contribution in [3.05, 3.63) is 70.1 Å². The van der Waals surface area contributed by atoms with Crippen LogP contribution < -0.4 is 11.1 Å². The van der Waals surface area contributed by atoms with Crippen LogP contribution in [0.15, 0.2) is 70.1 Å². The molecule has 2 atom stereocenters. The molecular formula is C25H34ClFN4O. The Morgan fingerprint density at radius 2 is 2.09 bits per heavy atom. The SMILES string of the molecule is C=C/C(C(N)=O)=C(\C=C(/C)Cl)NC[C@@H]1CCN(C(/C=C\C(C#N)=C/C)=C(\C)CC)C[C@@H]1F. The number of nitrogens with two attached hydrogens (primary N) is 1. The van der Waals surface area contributed by atoms with E-state index >= 15 is 4.39 Å². The molecule has 0 aromatic carbocycles. The van der Waals surface area contributed by atoms with Crippen molar-refractivity contribution in [2.24, 2.45) is 11.7 Å². The Morgan fingerprint density at radius 3 is 2.56 bits per heavy atom. The molecule has 0 saturated carbocycles. The van der Waals surface area contributed by atoms with Crippen molar-refractivity contribution in [3.8, 4) is 6.07 Å². The van der Waals surface area contributed by atoms with Crippen LogP contribution in [0.1, 0.15) is 40.5 Å². The molecule has 0 spiro atoms. The molecule has 3 N–H and O–H groups in total. The summed E-state index contributed by atoms with van der Waals surface area (Å²) in [5.74, 6) is -0.862. The van der Waals surface area contributed by atoms with E-state index in [1.165, 1.54) is 6.08 Å². The number of nitrogens with zero attached hydrogens (tertiary/aromatic N) is 2. The largest absolute Gasteiger partial charge is 0.384 e. The summed E-state index contributed by atoms with van der Waals surface area (Å²) in [6.45, 7) is 12.5. The van der Waals surface area contributed by atoms with Crippen molar-refractivity contribution < 1.29 is 9.18 Å². The van der Waals surface area contributed by atoms with Gasteiger partial charge < -0.3 is 16.0 Å². The average Bonchev–Trinajstić information content (AvgIpc) is 2.75. The molecule has 1 aliphatic heterocycles. The van der Waals surface area contributed by atoms with Gasteiger partial charge in [0, 0.05) is 47.6 Å². The molecule has 1 amide bonds. The third-order valence-electron chi connectivity index (χ3n) is 5.50. The topological polar surface area (TPSA) is 82.2 Å². The highest BCUT2D eigenvalue weighted by Gasteiger charge is 2.30. The molecule has 0 unspecified atom stereocenters. The van der Waals surface area contributed by atoms with Crippen molar-refractivity contribution in [1.29, 1.82) is 5.26 Å². The standard InChI is InChI=1S/C25H34ClFN4O/c1-6-17(4)24(10-9-19(7-2)14-28)31-12-11-20(22(27)16-31)15-30-23(13-18(5)26)21(8-3)25(29)32/h7-10,13,20,22,30H,3,6,11-12,15-16H2,1-2,4-5H3,(H2,29,32)/b10-9-,18-13+,19-7+,23-21-,24-17+/t20-,22-/m0/s1. The van der Waals surface area contributed by atoms with Crippen LogP contribution >= 0.6 is 11.6 Å². The lowest BCUT2D eigenvalue weighted by Gasteiger charge is -2.38. The van der Waals surface area contributed by atoms with Gasteiger partial charge in [-0.1, -0.05) is 42.8 Å². The molecule has 0 radical (unpaired) electrons.